The molecule has 6 nitrogen and oxygen atoms in total. The van der Waals surface area contributed by atoms with E-state index in [4.69, 9.17) is 4.74 Å². The minimum absolute atomic E-state index is 0.174. The Hall–Kier alpha value is -3.54. The number of ether oxygens (including phenoxy) is 1. The molecule has 0 fully saturated rings. The van der Waals surface area contributed by atoms with Gasteiger partial charge in [0.1, 0.15) is 11.5 Å². The first kappa shape index (κ1) is 19.8. The zero-order valence-corrected chi connectivity index (χ0v) is 15.0. The summed E-state index contributed by atoms with van der Waals surface area (Å²) in [5.74, 6) is 0.436. The van der Waals surface area contributed by atoms with E-state index < -0.39 is 0 Å². The molecule has 0 aromatic heterocycles. The molecule has 27 heavy (non-hydrogen) atoms. The number of phenols is 1. The summed E-state index contributed by atoms with van der Waals surface area (Å²) in [5, 5.41) is 14.6. The van der Waals surface area contributed by atoms with Gasteiger partial charge in [-0.25, -0.2) is 0 Å². The lowest BCUT2D eigenvalue weighted by atomic mass is 10.2. The van der Waals surface area contributed by atoms with Crippen molar-refractivity contribution in [1.82, 2.24) is 10.6 Å². The molecule has 140 valence electrons. The van der Waals surface area contributed by atoms with Crippen molar-refractivity contribution in [1.29, 1.82) is 0 Å². The summed E-state index contributed by atoms with van der Waals surface area (Å²) >= 11 is 0. The van der Waals surface area contributed by atoms with Crippen LogP contribution in [0.2, 0.25) is 0 Å². The summed E-state index contributed by atoms with van der Waals surface area (Å²) in [6.07, 6.45) is 6.19. The Morgan fingerprint density at radius 3 is 1.74 bits per heavy atom. The largest absolute Gasteiger partial charge is 0.508 e. The van der Waals surface area contributed by atoms with E-state index in [0.717, 1.165) is 16.9 Å². The second-order valence-electron chi connectivity index (χ2n) is 5.61. The van der Waals surface area contributed by atoms with E-state index in [9.17, 15) is 14.7 Å². The maximum Gasteiger partial charge on any atom is 0.244 e. The number of nitrogens with one attached hydrogen (secondary N) is 2. The highest BCUT2D eigenvalue weighted by atomic mass is 16.5. The molecule has 3 N–H and O–H groups in total. The highest BCUT2D eigenvalue weighted by Crippen LogP contribution is 2.12. The number of benzene rings is 2. The van der Waals surface area contributed by atoms with E-state index in [1.807, 2.05) is 24.3 Å². The van der Waals surface area contributed by atoms with Crippen molar-refractivity contribution in [3.63, 3.8) is 0 Å². The van der Waals surface area contributed by atoms with Crippen LogP contribution in [0.15, 0.2) is 60.7 Å². The van der Waals surface area contributed by atoms with Crippen LogP contribution in [-0.2, 0) is 9.59 Å². The average molecular weight is 366 g/mol. The van der Waals surface area contributed by atoms with Crippen molar-refractivity contribution >= 4 is 24.0 Å². The number of phenolic OH excluding ortho intramolecular Hbond substituents is 1. The van der Waals surface area contributed by atoms with Gasteiger partial charge in [-0.2, -0.15) is 0 Å². The van der Waals surface area contributed by atoms with Crippen LogP contribution in [-0.4, -0.2) is 37.1 Å². The Morgan fingerprint density at radius 1 is 0.852 bits per heavy atom. The third-order valence-corrected chi connectivity index (χ3v) is 3.59. The molecule has 2 aromatic carbocycles. The lowest BCUT2D eigenvalue weighted by Gasteiger charge is -2.03. The fourth-order valence-electron chi connectivity index (χ4n) is 2.13. The van der Waals surface area contributed by atoms with Gasteiger partial charge in [0.05, 0.1) is 7.11 Å². The van der Waals surface area contributed by atoms with E-state index >= 15 is 0 Å². The molecule has 0 spiro atoms. The lowest BCUT2D eigenvalue weighted by Crippen LogP contribution is -2.33. The standard InChI is InChI=1S/C21H22N2O4/c1-27-19-10-4-17(5-11-19)7-13-21(26)23-15-14-22-20(25)12-6-16-2-8-18(24)9-3-16/h2-13,24H,14-15H2,1H3,(H,22,25)(H,23,26)/b12-6+,13-7+. The number of carbonyl (C=O) groups excluding carboxylic acids is 2. The number of amides is 2. The minimum Gasteiger partial charge on any atom is -0.508 e. The molecule has 2 rings (SSSR count). The molecule has 0 atom stereocenters. The monoisotopic (exact) mass is 366 g/mol. The van der Waals surface area contributed by atoms with Gasteiger partial charge in [-0.05, 0) is 47.5 Å². The van der Waals surface area contributed by atoms with Gasteiger partial charge < -0.3 is 20.5 Å². The molecule has 0 heterocycles. The van der Waals surface area contributed by atoms with Crippen LogP contribution >= 0.6 is 0 Å². The first-order valence-corrected chi connectivity index (χ1v) is 8.42. The van der Waals surface area contributed by atoms with Crippen molar-refractivity contribution in [2.24, 2.45) is 0 Å². The number of aromatic hydroxyl groups is 1. The molecule has 0 aliphatic rings. The molecule has 0 unspecified atom stereocenters. The Labute approximate surface area is 158 Å². The minimum atomic E-state index is -0.258. The van der Waals surface area contributed by atoms with Gasteiger partial charge in [0.15, 0.2) is 0 Å². The second-order valence-corrected chi connectivity index (χ2v) is 5.61. The number of carbonyl (C=O) groups is 2. The molecular weight excluding hydrogens is 344 g/mol. The topological polar surface area (TPSA) is 87.7 Å². The summed E-state index contributed by atoms with van der Waals surface area (Å²) in [5.41, 5.74) is 1.69. The fourth-order valence-corrected chi connectivity index (χ4v) is 2.13. The third kappa shape index (κ3) is 7.48. The molecule has 0 bridgehead atoms. The van der Waals surface area contributed by atoms with Crippen LogP contribution in [0, 0.1) is 0 Å². The molecule has 0 radical (unpaired) electrons. The molecule has 0 aliphatic carbocycles. The molecular formula is C21H22N2O4. The number of hydrogen-bond donors (Lipinski definition) is 3. The second kappa shape index (κ2) is 10.5. The van der Waals surface area contributed by atoms with E-state index in [2.05, 4.69) is 10.6 Å². The zero-order valence-electron chi connectivity index (χ0n) is 15.0. The van der Waals surface area contributed by atoms with E-state index in [0.29, 0.717) is 13.1 Å². The SMILES string of the molecule is COc1ccc(/C=C/C(=O)NCCNC(=O)/C=C/c2ccc(O)cc2)cc1. The van der Waals surface area contributed by atoms with Gasteiger partial charge in [-0.15, -0.1) is 0 Å². The molecule has 6 heteroatoms. The highest BCUT2D eigenvalue weighted by Gasteiger charge is 1.98. The number of hydrogen-bond acceptors (Lipinski definition) is 4. The number of methoxy groups -OCH3 is 1. The van der Waals surface area contributed by atoms with E-state index in [-0.39, 0.29) is 17.6 Å². The van der Waals surface area contributed by atoms with Crippen LogP contribution in [0.3, 0.4) is 0 Å². The van der Waals surface area contributed by atoms with Gasteiger partial charge >= 0.3 is 0 Å². The van der Waals surface area contributed by atoms with Crippen molar-refractivity contribution in [2.75, 3.05) is 20.2 Å². The van der Waals surface area contributed by atoms with Crippen LogP contribution < -0.4 is 15.4 Å². The smallest absolute Gasteiger partial charge is 0.244 e. The van der Waals surface area contributed by atoms with Crippen LogP contribution in [0.5, 0.6) is 11.5 Å². The quantitative estimate of drug-likeness (QED) is 0.494. The van der Waals surface area contributed by atoms with Gasteiger partial charge in [0.2, 0.25) is 11.8 Å². The Morgan fingerprint density at radius 2 is 1.30 bits per heavy atom. The van der Waals surface area contributed by atoms with Gasteiger partial charge in [-0.3, -0.25) is 9.59 Å². The lowest BCUT2D eigenvalue weighted by molar-refractivity contribution is -0.118. The number of rotatable bonds is 8. The van der Waals surface area contributed by atoms with Crippen molar-refractivity contribution in [3.05, 3.63) is 71.8 Å². The zero-order chi connectivity index (χ0) is 19.5. The van der Waals surface area contributed by atoms with Crippen LogP contribution in [0.1, 0.15) is 11.1 Å². The van der Waals surface area contributed by atoms with Crippen molar-refractivity contribution < 1.29 is 19.4 Å². The Balaban J connectivity index is 1.66. The molecule has 0 aliphatic heterocycles. The molecule has 0 saturated heterocycles. The van der Waals surface area contributed by atoms with E-state index in [1.54, 1.807) is 43.5 Å². The Bertz CT molecular complexity index is 809. The predicted octanol–water partition coefficient (Wildman–Crippen LogP) is 2.36. The maximum absolute atomic E-state index is 11.8. The summed E-state index contributed by atoms with van der Waals surface area (Å²) < 4.78 is 5.07. The fraction of sp³-hybridized carbons (Fsp3) is 0.143. The molecule has 2 aromatic rings. The predicted molar refractivity (Wildman–Crippen MR) is 105 cm³/mol. The normalized spacial score (nSPS) is 10.9. The van der Waals surface area contributed by atoms with Gasteiger partial charge in [-0.1, -0.05) is 24.3 Å². The van der Waals surface area contributed by atoms with Gasteiger partial charge in [0.25, 0.3) is 0 Å². The Kier molecular flexibility index (Phi) is 7.66. The van der Waals surface area contributed by atoms with E-state index in [1.165, 1.54) is 12.2 Å². The van der Waals surface area contributed by atoms with Crippen LogP contribution in [0.25, 0.3) is 12.2 Å². The summed E-state index contributed by atoms with van der Waals surface area (Å²) in [4.78, 5) is 23.5. The summed E-state index contributed by atoms with van der Waals surface area (Å²) in [7, 11) is 1.60. The molecule has 0 saturated carbocycles. The summed E-state index contributed by atoms with van der Waals surface area (Å²) in [6.45, 7) is 0.644. The van der Waals surface area contributed by atoms with Crippen LogP contribution in [0.4, 0.5) is 0 Å². The maximum atomic E-state index is 11.8. The first-order valence-electron chi connectivity index (χ1n) is 8.42. The van der Waals surface area contributed by atoms with Crippen molar-refractivity contribution in [2.45, 2.75) is 0 Å². The highest BCUT2D eigenvalue weighted by molar-refractivity contribution is 5.92. The van der Waals surface area contributed by atoms with Crippen molar-refractivity contribution in [3.8, 4) is 11.5 Å². The summed E-state index contributed by atoms with van der Waals surface area (Å²) in [6, 6.07) is 13.8. The van der Waals surface area contributed by atoms with Gasteiger partial charge in [0, 0.05) is 25.2 Å². The third-order valence-electron chi connectivity index (χ3n) is 3.59. The average Bonchev–Trinajstić information content (AvgIpc) is 2.69. The first-order chi connectivity index (χ1) is 13.1. The molecule has 2 amide bonds.